The summed E-state index contributed by atoms with van der Waals surface area (Å²) in [5.41, 5.74) is 5.56. The number of carbonyl (C=O) groups is 1. The Balaban J connectivity index is 2.09. The summed E-state index contributed by atoms with van der Waals surface area (Å²) >= 11 is 0. The maximum absolute atomic E-state index is 12.1. The molecule has 0 unspecified atom stereocenters. The Morgan fingerprint density at radius 3 is 2.64 bits per heavy atom. The van der Waals surface area contributed by atoms with Crippen molar-refractivity contribution in [2.24, 2.45) is 0 Å². The van der Waals surface area contributed by atoms with Crippen molar-refractivity contribution < 1.29 is 9.53 Å². The highest BCUT2D eigenvalue weighted by atomic mass is 16.5. The Bertz CT molecular complexity index is 919. The van der Waals surface area contributed by atoms with Gasteiger partial charge in [0.15, 0.2) is 0 Å². The molecule has 25 heavy (non-hydrogen) atoms. The maximum Gasteiger partial charge on any atom is 0.338 e. The van der Waals surface area contributed by atoms with Crippen molar-refractivity contribution in [2.45, 2.75) is 27.2 Å². The Morgan fingerprint density at radius 2 is 1.88 bits per heavy atom. The average molecular weight is 334 g/mol. The molecule has 128 valence electrons. The van der Waals surface area contributed by atoms with Gasteiger partial charge in [-0.1, -0.05) is 25.1 Å². The third-order valence-electron chi connectivity index (χ3n) is 4.12. The molecule has 2 aromatic carbocycles. The molecule has 0 atom stereocenters. The van der Waals surface area contributed by atoms with Crippen molar-refractivity contribution in [3.8, 4) is 0 Å². The van der Waals surface area contributed by atoms with E-state index in [1.165, 1.54) is 5.56 Å². The van der Waals surface area contributed by atoms with Crippen LogP contribution in [0.25, 0.3) is 10.9 Å². The summed E-state index contributed by atoms with van der Waals surface area (Å²) in [6.07, 6.45) is 0.944. The Hall–Kier alpha value is -2.88. The minimum Gasteiger partial charge on any atom is -0.462 e. The molecule has 1 aromatic heterocycles. The minimum absolute atomic E-state index is 0.315. The molecule has 0 spiro atoms. The molecule has 0 fully saturated rings. The number of para-hydroxylation sites is 1. The first-order valence-electron chi connectivity index (χ1n) is 8.55. The zero-order valence-corrected chi connectivity index (χ0v) is 14.8. The van der Waals surface area contributed by atoms with E-state index in [4.69, 9.17) is 4.74 Å². The number of hydrogen-bond acceptors (Lipinski definition) is 4. The number of ether oxygens (including phenoxy) is 1. The molecule has 0 aliphatic carbocycles. The van der Waals surface area contributed by atoms with E-state index in [0.29, 0.717) is 12.2 Å². The van der Waals surface area contributed by atoms with Crippen LogP contribution in [0.2, 0.25) is 0 Å². The Labute approximate surface area is 147 Å². The van der Waals surface area contributed by atoms with Crippen LogP contribution in [0.1, 0.15) is 35.5 Å². The Morgan fingerprint density at radius 1 is 1.08 bits per heavy atom. The predicted octanol–water partition coefficient (Wildman–Crippen LogP) is 5.03. The fraction of sp³-hybridized carbons (Fsp3) is 0.238. The fourth-order valence-electron chi connectivity index (χ4n) is 2.90. The van der Waals surface area contributed by atoms with Gasteiger partial charge < -0.3 is 10.1 Å². The van der Waals surface area contributed by atoms with Gasteiger partial charge in [0.1, 0.15) is 0 Å². The molecular weight excluding hydrogens is 312 g/mol. The monoisotopic (exact) mass is 334 g/mol. The number of pyridine rings is 1. The van der Waals surface area contributed by atoms with Crippen LogP contribution in [-0.2, 0) is 11.2 Å². The van der Waals surface area contributed by atoms with Crippen LogP contribution in [-0.4, -0.2) is 17.6 Å². The lowest BCUT2D eigenvalue weighted by atomic mass is 10.1. The van der Waals surface area contributed by atoms with E-state index in [1.54, 1.807) is 13.0 Å². The highest BCUT2D eigenvalue weighted by molar-refractivity contribution is 5.99. The quantitative estimate of drug-likeness (QED) is 0.665. The van der Waals surface area contributed by atoms with Crippen molar-refractivity contribution in [2.75, 3.05) is 11.9 Å². The number of aromatic nitrogens is 1. The van der Waals surface area contributed by atoms with Crippen LogP contribution >= 0.6 is 0 Å². The number of fused-ring (bicyclic) bond motifs is 1. The van der Waals surface area contributed by atoms with E-state index in [1.807, 2.05) is 37.3 Å². The number of rotatable bonds is 5. The van der Waals surface area contributed by atoms with Crippen molar-refractivity contribution in [3.05, 3.63) is 65.4 Å². The third kappa shape index (κ3) is 3.63. The van der Waals surface area contributed by atoms with Crippen molar-refractivity contribution in [1.29, 1.82) is 0 Å². The van der Waals surface area contributed by atoms with Crippen LogP contribution < -0.4 is 5.32 Å². The summed E-state index contributed by atoms with van der Waals surface area (Å²) in [6.45, 7) is 6.27. The minimum atomic E-state index is -0.315. The van der Waals surface area contributed by atoms with Gasteiger partial charge in [-0.25, -0.2) is 4.79 Å². The fourth-order valence-corrected chi connectivity index (χ4v) is 2.90. The summed E-state index contributed by atoms with van der Waals surface area (Å²) in [7, 11) is 0. The number of anilines is 2. The third-order valence-corrected chi connectivity index (χ3v) is 4.12. The van der Waals surface area contributed by atoms with E-state index in [-0.39, 0.29) is 5.97 Å². The van der Waals surface area contributed by atoms with Gasteiger partial charge in [0.2, 0.25) is 0 Å². The molecule has 3 rings (SSSR count). The van der Waals surface area contributed by atoms with Gasteiger partial charge in [0.05, 0.1) is 17.7 Å². The van der Waals surface area contributed by atoms with Gasteiger partial charge in [0.25, 0.3) is 0 Å². The number of nitrogens with zero attached hydrogens (tertiary/aromatic N) is 1. The lowest BCUT2D eigenvalue weighted by Gasteiger charge is -2.14. The molecule has 3 aromatic rings. The molecule has 0 saturated heterocycles. The van der Waals surface area contributed by atoms with Gasteiger partial charge in [-0.15, -0.1) is 0 Å². The molecule has 0 bridgehead atoms. The number of aryl methyl sites for hydroxylation is 2. The number of hydrogen-bond donors (Lipinski definition) is 1. The Kier molecular flexibility index (Phi) is 4.98. The molecule has 0 aliphatic heterocycles. The smallest absolute Gasteiger partial charge is 0.338 e. The molecule has 4 heteroatoms. The average Bonchev–Trinajstić information content (AvgIpc) is 2.62. The largest absolute Gasteiger partial charge is 0.462 e. The first-order chi connectivity index (χ1) is 12.1. The SMILES string of the molecule is CCOC(=O)c1ccc2nc(C)cc(Nc3ccccc3CC)c2c1. The first kappa shape index (κ1) is 17.0. The summed E-state index contributed by atoms with van der Waals surface area (Å²) in [5.74, 6) is -0.315. The molecule has 0 amide bonds. The van der Waals surface area contributed by atoms with Crippen LogP contribution in [0.5, 0.6) is 0 Å². The van der Waals surface area contributed by atoms with E-state index >= 15 is 0 Å². The number of benzene rings is 2. The predicted molar refractivity (Wildman–Crippen MR) is 102 cm³/mol. The summed E-state index contributed by atoms with van der Waals surface area (Å²) in [4.78, 5) is 16.6. The standard InChI is InChI=1S/C21H22N2O2/c1-4-15-8-6-7-9-18(15)23-20-12-14(3)22-19-11-10-16(13-17(19)20)21(24)25-5-2/h6-13H,4-5H2,1-3H3,(H,22,23). The lowest BCUT2D eigenvalue weighted by Crippen LogP contribution is -2.05. The summed E-state index contributed by atoms with van der Waals surface area (Å²) < 4.78 is 5.12. The number of nitrogens with one attached hydrogen (secondary N) is 1. The molecule has 4 nitrogen and oxygen atoms in total. The van der Waals surface area contributed by atoms with Crippen LogP contribution in [0.15, 0.2) is 48.5 Å². The number of carbonyl (C=O) groups excluding carboxylic acids is 1. The second-order valence-electron chi connectivity index (χ2n) is 5.90. The van der Waals surface area contributed by atoms with E-state index < -0.39 is 0 Å². The first-order valence-corrected chi connectivity index (χ1v) is 8.55. The van der Waals surface area contributed by atoms with Crippen molar-refractivity contribution in [1.82, 2.24) is 4.98 Å². The van der Waals surface area contributed by atoms with Crippen molar-refractivity contribution in [3.63, 3.8) is 0 Å². The molecule has 0 saturated carbocycles. The molecule has 0 aliphatic rings. The summed E-state index contributed by atoms with van der Waals surface area (Å²) in [5, 5.41) is 4.42. The van der Waals surface area contributed by atoms with Gasteiger partial charge in [0, 0.05) is 22.5 Å². The highest BCUT2D eigenvalue weighted by Gasteiger charge is 2.11. The molecule has 1 heterocycles. The lowest BCUT2D eigenvalue weighted by molar-refractivity contribution is 0.0526. The topological polar surface area (TPSA) is 51.2 Å². The molecule has 1 N–H and O–H groups in total. The number of esters is 1. The second kappa shape index (κ2) is 7.34. The van der Waals surface area contributed by atoms with Gasteiger partial charge in [-0.2, -0.15) is 0 Å². The van der Waals surface area contributed by atoms with Crippen LogP contribution in [0.3, 0.4) is 0 Å². The zero-order chi connectivity index (χ0) is 17.8. The van der Waals surface area contributed by atoms with E-state index in [2.05, 4.69) is 29.4 Å². The van der Waals surface area contributed by atoms with Crippen LogP contribution in [0.4, 0.5) is 11.4 Å². The summed E-state index contributed by atoms with van der Waals surface area (Å²) in [6, 6.07) is 15.7. The highest BCUT2D eigenvalue weighted by Crippen LogP contribution is 2.29. The molecular formula is C21H22N2O2. The zero-order valence-electron chi connectivity index (χ0n) is 14.8. The van der Waals surface area contributed by atoms with Gasteiger partial charge in [-0.05, 0) is 56.2 Å². The van der Waals surface area contributed by atoms with E-state index in [0.717, 1.165) is 34.4 Å². The molecule has 0 radical (unpaired) electrons. The second-order valence-corrected chi connectivity index (χ2v) is 5.90. The van der Waals surface area contributed by atoms with Crippen molar-refractivity contribution >= 4 is 28.2 Å². The van der Waals surface area contributed by atoms with E-state index in [9.17, 15) is 4.79 Å². The van der Waals surface area contributed by atoms with Crippen LogP contribution in [0, 0.1) is 6.92 Å². The normalized spacial score (nSPS) is 10.7. The maximum atomic E-state index is 12.1. The van der Waals surface area contributed by atoms with Gasteiger partial charge in [-0.3, -0.25) is 4.98 Å². The van der Waals surface area contributed by atoms with Gasteiger partial charge >= 0.3 is 5.97 Å².